The van der Waals surface area contributed by atoms with Crippen molar-refractivity contribution in [3.05, 3.63) is 136 Å². The Bertz CT molecular complexity index is 1930. The average molecular weight is 599 g/mol. The van der Waals surface area contributed by atoms with E-state index in [1.165, 1.54) is 65.4 Å². The quantitative estimate of drug-likeness (QED) is 0.119. The van der Waals surface area contributed by atoms with E-state index in [0.29, 0.717) is 16.9 Å². The van der Waals surface area contributed by atoms with E-state index in [0.717, 1.165) is 12.3 Å². The third-order valence-corrected chi connectivity index (χ3v) is 6.49. The zero-order valence-electron chi connectivity index (χ0n) is 23.2. The summed E-state index contributed by atoms with van der Waals surface area (Å²) in [7, 11) is 0. The van der Waals surface area contributed by atoms with Crippen LogP contribution in [0.25, 0.3) is 22.6 Å². The maximum atomic E-state index is 15.3. The fraction of sp³-hybridized carbons (Fsp3) is 0.0606. The molecule has 222 valence electrons. The number of hydrogen-bond donors (Lipinski definition) is 3. The number of rotatable bonds is 10. The molecule has 5 aromatic rings. The zero-order chi connectivity index (χ0) is 31.2. The molecule has 3 aromatic carbocycles. The summed E-state index contributed by atoms with van der Waals surface area (Å²) in [5.74, 6) is -2.84. The van der Waals surface area contributed by atoms with E-state index in [1.807, 2.05) is 0 Å². The van der Waals surface area contributed by atoms with Gasteiger partial charge in [0, 0.05) is 53.3 Å². The van der Waals surface area contributed by atoms with Crippen LogP contribution in [0.4, 0.5) is 18.9 Å². The minimum atomic E-state index is -0.862. The van der Waals surface area contributed by atoms with Crippen molar-refractivity contribution in [3.8, 4) is 28.3 Å². The molecule has 0 aliphatic heterocycles. The van der Waals surface area contributed by atoms with Gasteiger partial charge >= 0.3 is 0 Å². The van der Waals surface area contributed by atoms with Crippen molar-refractivity contribution >= 4 is 23.6 Å². The second-order valence-electron chi connectivity index (χ2n) is 9.28. The van der Waals surface area contributed by atoms with Crippen LogP contribution in [0.5, 0.6) is 11.5 Å². The Morgan fingerprint density at radius 3 is 2.43 bits per heavy atom. The van der Waals surface area contributed by atoms with E-state index < -0.39 is 28.9 Å². The molecule has 8 nitrogen and oxygen atoms in total. The molecule has 2 heterocycles. The van der Waals surface area contributed by atoms with E-state index in [2.05, 4.69) is 10.3 Å². The number of nitrogens with zero attached hydrogens (tertiary/aromatic N) is 1. The molecule has 44 heavy (non-hydrogen) atoms. The van der Waals surface area contributed by atoms with E-state index in [1.54, 1.807) is 37.4 Å². The van der Waals surface area contributed by atoms with Gasteiger partial charge in [-0.25, -0.2) is 13.2 Å². The van der Waals surface area contributed by atoms with Gasteiger partial charge in [0.05, 0.1) is 12.3 Å². The second kappa shape index (κ2) is 13.0. The van der Waals surface area contributed by atoms with Crippen molar-refractivity contribution in [2.45, 2.75) is 6.92 Å². The number of amides is 1. The maximum absolute atomic E-state index is 15.3. The Balaban J connectivity index is 1.42. The van der Waals surface area contributed by atoms with E-state index in [4.69, 9.17) is 14.9 Å². The van der Waals surface area contributed by atoms with Gasteiger partial charge in [-0.05, 0) is 61.5 Å². The number of H-pyrrole nitrogens is 1. The molecule has 1 amide bonds. The summed E-state index contributed by atoms with van der Waals surface area (Å²) in [6.45, 7) is 1.86. The zero-order valence-corrected chi connectivity index (χ0v) is 23.2. The molecule has 0 bridgehead atoms. The minimum absolute atomic E-state index is 0.0170. The van der Waals surface area contributed by atoms with Gasteiger partial charge in [0.15, 0.2) is 17.3 Å². The van der Waals surface area contributed by atoms with E-state index in [9.17, 15) is 18.4 Å². The van der Waals surface area contributed by atoms with Gasteiger partial charge < -0.3 is 25.2 Å². The fourth-order valence-corrected chi connectivity index (χ4v) is 4.50. The molecule has 0 saturated carbocycles. The number of aromatic nitrogens is 2. The Hall–Kier alpha value is -5.84. The summed E-state index contributed by atoms with van der Waals surface area (Å²) in [5, 5.41) is 10.1. The first kappa shape index (κ1) is 29.6. The molecular formula is C33H25F3N4O4. The summed E-state index contributed by atoms with van der Waals surface area (Å²) in [6, 6.07) is 18.0. The predicted octanol–water partition coefficient (Wildman–Crippen LogP) is 6.97. The number of carbonyl (C=O) groups is 1. The van der Waals surface area contributed by atoms with Crippen molar-refractivity contribution in [1.29, 1.82) is 5.41 Å². The number of aromatic amines is 1. The van der Waals surface area contributed by atoms with Gasteiger partial charge in [-0.1, -0.05) is 18.2 Å². The third-order valence-electron chi connectivity index (χ3n) is 6.49. The first-order valence-electron chi connectivity index (χ1n) is 13.4. The number of hydrogen-bond acceptors (Lipinski definition) is 5. The molecule has 0 fully saturated rings. The van der Waals surface area contributed by atoms with Crippen molar-refractivity contribution < 1.29 is 27.4 Å². The summed E-state index contributed by atoms with van der Waals surface area (Å²) in [6.07, 6.45) is 5.20. The van der Waals surface area contributed by atoms with Gasteiger partial charge in [-0.15, -0.1) is 0 Å². The molecule has 2 aromatic heterocycles. The summed E-state index contributed by atoms with van der Waals surface area (Å²) < 4.78 is 55.7. The number of anilines is 1. The van der Waals surface area contributed by atoms with Gasteiger partial charge in [0.25, 0.3) is 11.5 Å². The van der Waals surface area contributed by atoms with Crippen molar-refractivity contribution in [1.82, 2.24) is 9.55 Å². The van der Waals surface area contributed by atoms with Crippen LogP contribution in [0.3, 0.4) is 0 Å². The highest BCUT2D eigenvalue weighted by atomic mass is 19.1. The van der Waals surface area contributed by atoms with Crippen LogP contribution in [0.1, 0.15) is 23.0 Å². The van der Waals surface area contributed by atoms with Crippen LogP contribution >= 0.6 is 0 Å². The highest BCUT2D eigenvalue weighted by molar-refractivity contribution is 6.06. The van der Waals surface area contributed by atoms with Crippen LogP contribution in [-0.4, -0.2) is 28.3 Å². The van der Waals surface area contributed by atoms with Crippen molar-refractivity contribution in [3.63, 3.8) is 0 Å². The van der Waals surface area contributed by atoms with Crippen molar-refractivity contribution in [2.75, 3.05) is 11.9 Å². The molecule has 0 radical (unpaired) electrons. The number of benzene rings is 3. The van der Waals surface area contributed by atoms with Crippen LogP contribution in [0, 0.1) is 22.9 Å². The van der Waals surface area contributed by atoms with Crippen LogP contribution in [0.2, 0.25) is 0 Å². The molecule has 3 N–H and O–H groups in total. The van der Waals surface area contributed by atoms with Crippen LogP contribution < -0.4 is 20.3 Å². The van der Waals surface area contributed by atoms with Gasteiger partial charge in [-0.3, -0.25) is 14.2 Å². The highest BCUT2D eigenvalue weighted by Crippen LogP contribution is 2.33. The van der Waals surface area contributed by atoms with E-state index >= 15 is 4.39 Å². The second-order valence-corrected chi connectivity index (χ2v) is 9.28. The molecule has 5 rings (SSSR count). The fourth-order valence-electron chi connectivity index (χ4n) is 4.50. The SMILES string of the molecule is CCOc1ccn(-c2ccc(F)cc2)c(=O)c1C(=O)Nc1ccc(O/C(=C/C=N)c2[nH]ccc2-c2ccccc2F)c(F)c1. The normalized spacial score (nSPS) is 11.2. The van der Waals surface area contributed by atoms with Gasteiger partial charge in [0.2, 0.25) is 0 Å². The molecule has 0 saturated heterocycles. The molecule has 0 aliphatic carbocycles. The third kappa shape index (κ3) is 6.16. The monoisotopic (exact) mass is 598 g/mol. The minimum Gasteiger partial charge on any atom is -0.493 e. The number of halogens is 3. The van der Waals surface area contributed by atoms with Gasteiger partial charge in [-0.2, -0.15) is 0 Å². The lowest BCUT2D eigenvalue weighted by molar-refractivity contribution is 0.102. The predicted molar refractivity (Wildman–Crippen MR) is 161 cm³/mol. The molecule has 0 spiro atoms. The number of ether oxygens (including phenoxy) is 2. The van der Waals surface area contributed by atoms with E-state index in [-0.39, 0.29) is 40.7 Å². The lowest BCUT2D eigenvalue weighted by Gasteiger charge is -2.15. The summed E-state index contributed by atoms with van der Waals surface area (Å²) in [4.78, 5) is 29.6. The standard InChI is InChI=1S/C33H25F3N4O4/c1-2-43-28-15-18-40(22-10-7-20(34)8-11-22)33(42)30(28)32(41)39-21-9-12-27(26(36)19-21)44-29(13-16-37)31-24(14-17-38-31)23-5-3-4-6-25(23)35/h3-19,37-38H,2H2,1H3,(H,39,41)/b29-13+,37-16?. The van der Waals surface area contributed by atoms with Crippen LogP contribution in [0.15, 0.2) is 102 Å². The maximum Gasteiger partial charge on any atom is 0.271 e. The Morgan fingerprint density at radius 1 is 0.955 bits per heavy atom. The summed E-state index contributed by atoms with van der Waals surface area (Å²) >= 11 is 0. The molecule has 0 atom stereocenters. The average Bonchev–Trinajstić information content (AvgIpc) is 3.49. The lowest BCUT2D eigenvalue weighted by atomic mass is 10.0. The Morgan fingerprint density at radius 2 is 1.73 bits per heavy atom. The number of carbonyl (C=O) groups excluding carboxylic acids is 1. The van der Waals surface area contributed by atoms with Crippen molar-refractivity contribution in [2.24, 2.45) is 0 Å². The molecule has 0 unspecified atom stereocenters. The topological polar surface area (TPSA) is 109 Å². The molecular weight excluding hydrogens is 573 g/mol. The van der Waals surface area contributed by atoms with Crippen LogP contribution in [-0.2, 0) is 0 Å². The first-order chi connectivity index (χ1) is 21.3. The number of allylic oxidation sites excluding steroid dienone is 1. The Kier molecular flexibility index (Phi) is 8.75. The number of nitrogens with one attached hydrogen (secondary N) is 3. The number of pyridine rings is 1. The molecule has 11 heteroatoms. The Labute approximate surface area is 249 Å². The molecule has 0 aliphatic rings. The first-order valence-corrected chi connectivity index (χ1v) is 13.4. The smallest absolute Gasteiger partial charge is 0.271 e. The largest absolute Gasteiger partial charge is 0.493 e. The summed E-state index contributed by atoms with van der Waals surface area (Å²) in [5.41, 5.74) is 0.340. The lowest BCUT2D eigenvalue weighted by Crippen LogP contribution is -2.29. The van der Waals surface area contributed by atoms with Gasteiger partial charge in [0.1, 0.15) is 22.9 Å². The highest BCUT2D eigenvalue weighted by Gasteiger charge is 2.22.